The molecule has 3 rings (SSSR count). The fourth-order valence-electron chi connectivity index (χ4n) is 5.37. The number of rotatable bonds is 20. The van der Waals surface area contributed by atoms with Crippen molar-refractivity contribution in [2.75, 3.05) is 25.0 Å². The van der Waals surface area contributed by atoms with Crippen LogP contribution >= 0.6 is 0 Å². The summed E-state index contributed by atoms with van der Waals surface area (Å²) in [6.07, 6.45) is -6.87. The molecule has 0 aliphatic carbocycles. The Morgan fingerprint density at radius 1 is 0.945 bits per heavy atom. The van der Waals surface area contributed by atoms with E-state index < -0.39 is 90.7 Å². The molecule has 0 bridgehead atoms. The Hall–Kier alpha value is -5.42. The van der Waals surface area contributed by atoms with Crippen LogP contribution in [0.4, 0.5) is 10.5 Å². The zero-order chi connectivity index (χ0) is 40.8. The Morgan fingerprint density at radius 3 is 2.25 bits per heavy atom. The predicted molar refractivity (Wildman–Crippen MR) is 189 cm³/mol. The second-order valence-electron chi connectivity index (χ2n) is 12.4. The van der Waals surface area contributed by atoms with Gasteiger partial charge in [0.15, 0.2) is 6.10 Å². The fourth-order valence-corrected chi connectivity index (χ4v) is 5.37. The Morgan fingerprint density at radius 2 is 1.64 bits per heavy atom. The minimum absolute atomic E-state index is 0.0714. The van der Waals surface area contributed by atoms with E-state index in [9.17, 15) is 58.8 Å². The molecule has 21 nitrogen and oxygen atoms in total. The molecule has 0 radical (unpaired) electrons. The number of ether oxygens (including phenoxy) is 3. The van der Waals surface area contributed by atoms with Gasteiger partial charge in [0, 0.05) is 44.6 Å². The van der Waals surface area contributed by atoms with E-state index in [4.69, 9.17) is 19.9 Å². The number of carbonyl (C=O) groups excluding carboxylic acids is 7. The highest BCUT2D eigenvalue weighted by Gasteiger charge is 2.48. The summed E-state index contributed by atoms with van der Waals surface area (Å²) in [5, 5.41) is 50.3. The Balaban J connectivity index is 1.70. The molecule has 0 aromatic heterocycles. The van der Waals surface area contributed by atoms with E-state index in [1.54, 1.807) is 6.92 Å². The van der Waals surface area contributed by atoms with Gasteiger partial charge in [-0.25, -0.2) is 4.79 Å². The molecule has 6 amide bonds. The van der Waals surface area contributed by atoms with Crippen molar-refractivity contribution >= 4 is 60.8 Å². The van der Waals surface area contributed by atoms with E-state index in [1.807, 2.05) is 0 Å². The number of benzene rings is 1. The van der Waals surface area contributed by atoms with E-state index in [-0.39, 0.29) is 49.8 Å². The number of carbonyl (C=O) groups is 8. The third-order valence-electron chi connectivity index (χ3n) is 8.34. The zero-order valence-corrected chi connectivity index (χ0v) is 30.1. The van der Waals surface area contributed by atoms with Gasteiger partial charge < -0.3 is 61.6 Å². The minimum atomic E-state index is -1.98. The number of carboxylic acids is 1. The number of imide groups is 1. The number of nitrogens with two attached hydrogens (primary N) is 1. The molecule has 55 heavy (non-hydrogen) atoms. The number of hydrogen-bond donors (Lipinski definition) is 9. The number of aliphatic carboxylic acids is 1. The van der Waals surface area contributed by atoms with Gasteiger partial charge in [0.1, 0.15) is 42.8 Å². The fraction of sp³-hybridized carbons (Fsp3) is 0.515. The molecule has 22 heteroatoms. The lowest BCUT2D eigenvalue weighted by molar-refractivity contribution is -0.271. The maximum atomic E-state index is 13.3. The first-order valence-electron chi connectivity index (χ1n) is 17.3. The standard InChI is InChI=1S/C33H45BN6O15/c1-2-21(41)36-11-4-3-5-17(39-30(49)19(14-35)40-23(43)8-9-24(40)44)29(48)37-12-10-22(42)38-18-13-16(15-53-33(34)52)6-7-20(18)54-32-27(47)25(45)26(46)28(55-32)31(50)51/h6-9,13,17,19,25-28,32,45-47H,2-5,10-12,14-15,34-35H2,1H3,(H,36,41)(H,37,48)(H,38,42)(H,39,49)(H,50,51)/t17?,19?,25-,26-,27+,28-,32+/m0/s1. The molecule has 10 N–H and O–H groups in total. The summed E-state index contributed by atoms with van der Waals surface area (Å²) in [4.78, 5) is 99.1. The lowest BCUT2D eigenvalue weighted by Gasteiger charge is -2.38. The highest BCUT2D eigenvalue weighted by Crippen LogP contribution is 2.31. The van der Waals surface area contributed by atoms with Gasteiger partial charge in [-0.05, 0) is 37.0 Å². The van der Waals surface area contributed by atoms with Crippen LogP contribution in [0.5, 0.6) is 5.75 Å². The van der Waals surface area contributed by atoms with Gasteiger partial charge in [0.05, 0.1) is 5.69 Å². The van der Waals surface area contributed by atoms with Crippen molar-refractivity contribution in [1.82, 2.24) is 20.9 Å². The lowest BCUT2D eigenvalue weighted by Crippen LogP contribution is -2.61. The first-order valence-corrected chi connectivity index (χ1v) is 17.3. The van der Waals surface area contributed by atoms with Gasteiger partial charge in [-0.1, -0.05) is 13.0 Å². The Kier molecular flexibility index (Phi) is 16.7. The van der Waals surface area contributed by atoms with E-state index >= 15 is 0 Å². The molecule has 1 saturated heterocycles. The first-order chi connectivity index (χ1) is 26.1. The second kappa shape index (κ2) is 20.9. The van der Waals surface area contributed by atoms with E-state index in [0.29, 0.717) is 29.8 Å². The average molecular weight is 777 g/mol. The molecule has 7 atom stereocenters. The SMILES string of the molecule is BC(=O)OCc1ccc(O[C@@H]2O[C@H](C(=O)O)[C@@H](O)[C@H](O)[C@H]2O)c(NC(=O)CCNC(=O)C(CCCCNC(=O)CC)NC(=O)C(CN)N2C(=O)C=CC2=O)c1. The summed E-state index contributed by atoms with van der Waals surface area (Å²) >= 11 is 0. The largest absolute Gasteiger partial charge is 0.479 e. The van der Waals surface area contributed by atoms with Crippen molar-refractivity contribution in [3.05, 3.63) is 35.9 Å². The molecule has 0 spiro atoms. The van der Waals surface area contributed by atoms with E-state index in [0.717, 1.165) is 12.2 Å². The summed E-state index contributed by atoms with van der Waals surface area (Å²) in [5.41, 5.74) is 6.01. The Labute approximate surface area is 315 Å². The van der Waals surface area contributed by atoms with Crippen LogP contribution in [0.3, 0.4) is 0 Å². The molecule has 2 aliphatic heterocycles. The van der Waals surface area contributed by atoms with Crippen LogP contribution in [0.2, 0.25) is 0 Å². The van der Waals surface area contributed by atoms with Crippen LogP contribution in [-0.4, -0.2) is 143 Å². The van der Waals surface area contributed by atoms with Crippen LogP contribution in [0, 0.1) is 0 Å². The van der Waals surface area contributed by atoms with Crippen LogP contribution in [0.15, 0.2) is 30.4 Å². The first kappa shape index (κ1) is 44.0. The number of hydrogen-bond acceptors (Lipinski definition) is 15. The van der Waals surface area contributed by atoms with Gasteiger partial charge in [-0.2, -0.15) is 0 Å². The number of aliphatic hydroxyl groups is 3. The van der Waals surface area contributed by atoms with Crippen molar-refractivity contribution < 1.29 is 73.0 Å². The van der Waals surface area contributed by atoms with Crippen LogP contribution < -0.4 is 31.7 Å². The molecule has 2 aliphatic rings. The van der Waals surface area contributed by atoms with E-state index in [2.05, 4.69) is 21.3 Å². The predicted octanol–water partition coefficient (Wildman–Crippen LogP) is -3.89. The molecular formula is C33H45BN6O15. The molecule has 2 heterocycles. The van der Waals surface area contributed by atoms with Crippen LogP contribution in [-0.2, 0) is 49.6 Å². The smallest absolute Gasteiger partial charge is 0.335 e. The third-order valence-corrected chi connectivity index (χ3v) is 8.34. The van der Waals surface area contributed by atoms with Gasteiger partial charge >= 0.3 is 5.97 Å². The molecule has 0 saturated carbocycles. The van der Waals surface area contributed by atoms with Gasteiger partial charge in [0.2, 0.25) is 43.6 Å². The van der Waals surface area contributed by atoms with Crippen molar-refractivity contribution in [3.63, 3.8) is 0 Å². The maximum absolute atomic E-state index is 13.3. The number of unbranched alkanes of at least 4 members (excludes halogenated alkanes) is 1. The molecule has 1 fully saturated rings. The van der Waals surface area contributed by atoms with Gasteiger partial charge in [-0.3, -0.25) is 38.5 Å². The number of anilines is 1. The van der Waals surface area contributed by atoms with Crippen molar-refractivity contribution in [1.29, 1.82) is 0 Å². The molecule has 1 aromatic rings. The number of aliphatic hydroxyl groups excluding tert-OH is 3. The van der Waals surface area contributed by atoms with Crippen molar-refractivity contribution in [2.24, 2.45) is 5.73 Å². The topological polar surface area (TPSA) is 323 Å². The monoisotopic (exact) mass is 776 g/mol. The van der Waals surface area contributed by atoms with Crippen molar-refractivity contribution in [2.45, 2.75) is 88.4 Å². The minimum Gasteiger partial charge on any atom is -0.479 e. The highest BCUT2D eigenvalue weighted by atomic mass is 16.7. The zero-order valence-electron chi connectivity index (χ0n) is 30.1. The molecule has 2 unspecified atom stereocenters. The van der Waals surface area contributed by atoms with Gasteiger partial charge in [-0.15, -0.1) is 0 Å². The quantitative estimate of drug-likeness (QED) is 0.0347. The second-order valence-corrected chi connectivity index (χ2v) is 12.4. The van der Waals surface area contributed by atoms with Gasteiger partial charge in [0.25, 0.3) is 11.8 Å². The molecule has 1 aromatic carbocycles. The third kappa shape index (κ3) is 12.6. The van der Waals surface area contributed by atoms with Crippen LogP contribution in [0.1, 0.15) is 44.6 Å². The normalized spacial score (nSPS) is 21.6. The number of amides is 6. The lowest BCUT2D eigenvalue weighted by atomic mass is 9.99. The van der Waals surface area contributed by atoms with E-state index in [1.165, 1.54) is 26.0 Å². The molecule has 300 valence electrons. The summed E-state index contributed by atoms with van der Waals surface area (Å²) < 4.78 is 15.8. The number of nitrogens with zero attached hydrogens (tertiary/aromatic N) is 1. The summed E-state index contributed by atoms with van der Waals surface area (Å²) in [7, 11) is 1.18. The maximum Gasteiger partial charge on any atom is 0.335 e. The highest BCUT2D eigenvalue weighted by molar-refractivity contribution is 6.55. The van der Waals surface area contributed by atoms with Crippen LogP contribution in [0.25, 0.3) is 0 Å². The number of nitrogens with one attached hydrogen (secondary N) is 4. The summed E-state index contributed by atoms with van der Waals surface area (Å²) in [5.74, 6) is -6.36. The summed E-state index contributed by atoms with van der Waals surface area (Å²) in [6.45, 7) is 1.09. The Bertz CT molecular complexity index is 1630. The number of carboxylic acid groups (broad SMARTS) is 1. The summed E-state index contributed by atoms with van der Waals surface area (Å²) in [6, 6.07) is 1.45. The molecular weight excluding hydrogens is 731 g/mol. The average Bonchev–Trinajstić information content (AvgIpc) is 3.47. The van der Waals surface area contributed by atoms with Crippen molar-refractivity contribution in [3.8, 4) is 5.75 Å².